The standard InChI is InChI=1S/C28H29N2O6P/c1-18(27(33)35-3)29-25(31)20-15-21(26(32)30-19(2)28(34)36-4)17-24(16-20)37(22-11-7-5-8-12-22)23-13-9-6-10-14-23/h5-19H,1-4H3,(H,29,31)(H,30,32)/t18-,19-/m0/s1. The Labute approximate surface area is 217 Å². The van der Waals surface area contributed by atoms with Gasteiger partial charge in [-0.25, -0.2) is 9.59 Å². The zero-order valence-corrected chi connectivity index (χ0v) is 22.0. The Balaban J connectivity index is 2.12. The van der Waals surface area contributed by atoms with E-state index in [1.165, 1.54) is 34.1 Å². The minimum absolute atomic E-state index is 0.198. The fraction of sp³-hybridized carbons (Fsp3) is 0.214. The molecule has 2 amide bonds. The van der Waals surface area contributed by atoms with Crippen molar-refractivity contribution in [1.82, 2.24) is 10.6 Å². The molecule has 3 rings (SSSR count). The zero-order valence-electron chi connectivity index (χ0n) is 21.1. The molecule has 0 saturated carbocycles. The van der Waals surface area contributed by atoms with Crippen molar-refractivity contribution in [1.29, 1.82) is 0 Å². The van der Waals surface area contributed by atoms with Crippen LogP contribution in [-0.2, 0) is 19.1 Å². The maximum Gasteiger partial charge on any atom is 0.328 e. The fourth-order valence-electron chi connectivity index (χ4n) is 3.64. The van der Waals surface area contributed by atoms with E-state index in [1.807, 2.05) is 60.7 Å². The molecule has 2 N–H and O–H groups in total. The van der Waals surface area contributed by atoms with Crippen LogP contribution in [0.1, 0.15) is 34.6 Å². The van der Waals surface area contributed by atoms with Gasteiger partial charge in [0.2, 0.25) is 0 Å². The van der Waals surface area contributed by atoms with Crippen LogP contribution >= 0.6 is 7.92 Å². The lowest BCUT2D eigenvalue weighted by Crippen LogP contribution is -2.40. The van der Waals surface area contributed by atoms with Crippen LogP contribution in [-0.4, -0.2) is 50.1 Å². The van der Waals surface area contributed by atoms with Gasteiger partial charge in [0, 0.05) is 11.1 Å². The van der Waals surface area contributed by atoms with Crippen LogP contribution in [0.4, 0.5) is 0 Å². The highest BCUT2D eigenvalue weighted by molar-refractivity contribution is 7.79. The van der Waals surface area contributed by atoms with E-state index in [0.717, 1.165) is 15.9 Å². The molecule has 0 aliphatic rings. The number of ether oxygens (including phenoxy) is 2. The summed E-state index contributed by atoms with van der Waals surface area (Å²) in [4.78, 5) is 50.1. The first-order valence-corrected chi connectivity index (χ1v) is 12.9. The summed E-state index contributed by atoms with van der Waals surface area (Å²) in [5.41, 5.74) is 0.395. The molecule has 0 aromatic heterocycles. The van der Waals surface area contributed by atoms with Crippen molar-refractivity contribution in [2.75, 3.05) is 14.2 Å². The van der Waals surface area contributed by atoms with Gasteiger partial charge in [-0.15, -0.1) is 0 Å². The number of amides is 2. The Bertz CT molecular complexity index is 1170. The van der Waals surface area contributed by atoms with Crippen molar-refractivity contribution in [2.45, 2.75) is 25.9 Å². The normalized spacial score (nSPS) is 12.2. The molecule has 8 nitrogen and oxygen atoms in total. The Morgan fingerprint density at radius 1 is 0.622 bits per heavy atom. The second-order valence-electron chi connectivity index (χ2n) is 8.21. The molecule has 9 heteroatoms. The summed E-state index contributed by atoms with van der Waals surface area (Å²) in [5, 5.41) is 8.03. The minimum atomic E-state index is -1.14. The number of benzene rings is 3. The number of rotatable bonds is 9. The van der Waals surface area contributed by atoms with Crippen LogP contribution in [0.15, 0.2) is 78.9 Å². The fourth-order valence-corrected chi connectivity index (χ4v) is 6.01. The van der Waals surface area contributed by atoms with Crippen LogP contribution in [0.5, 0.6) is 0 Å². The van der Waals surface area contributed by atoms with Crippen molar-refractivity contribution in [2.24, 2.45) is 0 Å². The van der Waals surface area contributed by atoms with Crippen LogP contribution in [0.3, 0.4) is 0 Å². The van der Waals surface area contributed by atoms with E-state index in [-0.39, 0.29) is 11.1 Å². The van der Waals surface area contributed by atoms with E-state index < -0.39 is 43.8 Å². The molecule has 2 atom stereocenters. The molecule has 0 saturated heterocycles. The molecule has 3 aromatic carbocycles. The van der Waals surface area contributed by atoms with Gasteiger partial charge < -0.3 is 20.1 Å². The summed E-state index contributed by atoms with van der Waals surface area (Å²) in [6.07, 6.45) is 0. The van der Waals surface area contributed by atoms with Gasteiger partial charge in [0.1, 0.15) is 12.1 Å². The lowest BCUT2D eigenvalue weighted by molar-refractivity contribution is -0.143. The summed E-state index contributed by atoms with van der Waals surface area (Å²) in [7, 11) is 1.34. The lowest BCUT2D eigenvalue weighted by atomic mass is 10.1. The molecule has 0 unspecified atom stereocenters. The van der Waals surface area contributed by atoms with Crippen LogP contribution < -0.4 is 26.5 Å². The zero-order chi connectivity index (χ0) is 26.9. The Kier molecular flexibility index (Phi) is 9.52. The third-order valence-electron chi connectivity index (χ3n) is 5.53. The van der Waals surface area contributed by atoms with E-state index in [4.69, 9.17) is 9.47 Å². The largest absolute Gasteiger partial charge is 0.467 e. The van der Waals surface area contributed by atoms with Gasteiger partial charge in [-0.3, -0.25) is 9.59 Å². The number of carbonyl (C=O) groups is 4. The van der Waals surface area contributed by atoms with Gasteiger partial charge in [0.25, 0.3) is 11.8 Å². The van der Waals surface area contributed by atoms with Crippen molar-refractivity contribution in [3.05, 3.63) is 90.0 Å². The number of methoxy groups -OCH3 is 2. The Morgan fingerprint density at radius 3 is 1.35 bits per heavy atom. The predicted molar refractivity (Wildman–Crippen MR) is 143 cm³/mol. The molecule has 192 valence electrons. The summed E-state index contributed by atoms with van der Waals surface area (Å²) >= 11 is 0. The van der Waals surface area contributed by atoms with Crippen LogP contribution in [0, 0.1) is 0 Å². The second kappa shape index (κ2) is 12.8. The first kappa shape index (κ1) is 27.6. The van der Waals surface area contributed by atoms with E-state index in [2.05, 4.69) is 10.6 Å². The molecule has 0 spiro atoms. The van der Waals surface area contributed by atoms with Gasteiger partial charge in [0.15, 0.2) is 0 Å². The quantitative estimate of drug-likeness (QED) is 0.330. The predicted octanol–water partition coefficient (Wildman–Crippen LogP) is 2.03. The average Bonchev–Trinajstić information content (AvgIpc) is 2.93. The molecule has 0 heterocycles. The van der Waals surface area contributed by atoms with Crippen molar-refractivity contribution >= 4 is 47.6 Å². The summed E-state index contributed by atoms with van der Waals surface area (Å²) in [6, 6.07) is 22.7. The molecule has 0 fully saturated rings. The van der Waals surface area contributed by atoms with Gasteiger partial charge in [-0.05, 0) is 55.9 Å². The highest BCUT2D eigenvalue weighted by Crippen LogP contribution is 2.33. The molecule has 0 bridgehead atoms. The monoisotopic (exact) mass is 520 g/mol. The number of hydrogen-bond donors (Lipinski definition) is 2. The summed E-state index contributed by atoms with van der Waals surface area (Å²) in [5.74, 6) is -2.26. The third-order valence-corrected chi connectivity index (χ3v) is 7.94. The van der Waals surface area contributed by atoms with Crippen molar-refractivity contribution < 1.29 is 28.7 Å². The van der Waals surface area contributed by atoms with Gasteiger partial charge in [-0.1, -0.05) is 60.7 Å². The number of carbonyl (C=O) groups excluding carboxylic acids is 4. The van der Waals surface area contributed by atoms with E-state index in [1.54, 1.807) is 12.1 Å². The Morgan fingerprint density at radius 2 is 1.00 bits per heavy atom. The maximum atomic E-state index is 13.2. The Hall–Kier alpha value is -4.03. The first-order valence-electron chi connectivity index (χ1n) is 11.6. The minimum Gasteiger partial charge on any atom is -0.467 e. The molecule has 0 aliphatic carbocycles. The average molecular weight is 521 g/mol. The molecular formula is C28H29N2O6P. The molecule has 0 aliphatic heterocycles. The molecular weight excluding hydrogens is 491 g/mol. The summed E-state index contributed by atoms with van der Waals surface area (Å²) in [6.45, 7) is 3.03. The molecule has 0 radical (unpaired) electrons. The molecule has 37 heavy (non-hydrogen) atoms. The van der Waals surface area contributed by atoms with E-state index in [9.17, 15) is 19.2 Å². The smallest absolute Gasteiger partial charge is 0.328 e. The van der Waals surface area contributed by atoms with Gasteiger partial charge in [0.05, 0.1) is 14.2 Å². The van der Waals surface area contributed by atoms with E-state index >= 15 is 0 Å². The highest BCUT2D eigenvalue weighted by atomic mass is 31.1. The van der Waals surface area contributed by atoms with Crippen molar-refractivity contribution in [3.63, 3.8) is 0 Å². The van der Waals surface area contributed by atoms with Crippen molar-refractivity contribution in [3.8, 4) is 0 Å². The topological polar surface area (TPSA) is 111 Å². The second-order valence-corrected chi connectivity index (χ2v) is 10.4. The SMILES string of the molecule is COC(=O)[C@H](C)NC(=O)c1cc(C(=O)N[C@@H](C)C(=O)OC)cc(P(c2ccccc2)c2ccccc2)c1. The van der Waals surface area contributed by atoms with Gasteiger partial charge in [-0.2, -0.15) is 0 Å². The first-order chi connectivity index (χ1) is 17.7. The number of esters is 2. The summed E-state index contributed by atoms with van der Waals surface area (Å²) < 4.78 is 9.41. The van der Waals surface area contributed by atoms with Gasteiger partial charge >= 0.3 is 11.9 Å². The number of nitrogens with one attached hydrogen (secondary N) is 2. The maximum absolute atomic E-state index is 13.2. The third kappa shape index (κ3) is 7.02. The lowest BCUT2D eigenvalue weighted by Gasteiger charge is -2.21. The van der Waals surface area contributed by atoms with Crippen LogP contribution in [0.25, 0.3) is 0 Å². The molecule has 3 aromatic rings. The van der Waals surface area contributed by atoms with Crippen LogP contribution in [0.2, 0.25) is 0 Å². The highest BCUT2D eigenvalue weighted by Gasteiger charge is 2.24. The van der Waals surface area contributed by atoms with E-state index in [0.29, 0.717) is 0 Å². The number of hydrogen-bond acceptors (Lipinski definition) is 6.